The van der Waals surface area contributed by atoms with Gasteiger partial charge in [0, 0.05) is 16.8 Å². The number of ether oxygens (including phenoxy) is 1. The number of hydrogen-bond acceptors (Lipinski definition) is 7. The first kappa shape index (κ1) is 26.0. The van der Waals surface area contributed by atoms with Crippen molar-refractivity contribution in [3.8, 4) is 5.88 Å². The van der Waals surface area contributed by atoms with Gasteiger partial charge >= 0.3 is 6.18 Å². The third-order valence-electron chi connectivity index (χ3n) is 5.63. The highest BCUT2D eigenvalue weighted by Crippen LogP contribution is 2.28. The summed E-state index contributed by atoms with van der Waals surface area (Å²) in [5.74, 6) is 0.345. The van der Waals surface area contributed by atoms with Crippen LogP contribution in [0.15, 0.2) is 77.9 Å². The minimum Gasteiger partial charge on any atom is -0.470 e. The minimum atomic E-state index is -4.53. The van der Waals surface area contributed by atoms with Crippen molar-refractivity contribution < 1.29 is 17.9 Å². The predicted octanol–water partition coefficient (Wildman–Crippen LogP) is 5.85. The Bertz CT molecular complexity index is 1330. The molecule has 0 radical (unpaired) electrons. The Balaban J connectivity index is 1.42. The molecule has 0 aliphatic rings. The lowest BCUT2D eigenvalue weighted by Crippen LogP contribution is -2.24. The summed E-state index contributed by atoms with van der Waals surface area (Å²) in [5, 5.41) is 15.9. The molecule has 0 saturated heterocycles. The zero-order chi connectivity index (χ0) is 26.1. The van der Waals surface area contributed by atoms with Crippen LogP contribution in [0.4, 0.5) is 19.0 Å². The molecule has 2 heterocycles. The minimum absolute atomic E-state index is 0.0935. The highest BCUT2D eigenvalue weighted by Gasteiger charge is 2.24. The van der Waals surface area contributed by atoms with E-state index in [-0.39, 0.29) is 30.6 Å². The summed E-state index contributed by atoms with van der Waals surface area (Å²) in [5.41, 5.74) is 5.23. The zero-order valence-electron chi connectivity index (χ0n) is 20.2. The lowest BCUT2D eigenvalue weighted by Gasteiger charge is -2.17. The fourth-order valence-electron chi connectivity index (χ4n) is 3.84. The van der Waals surface area contributed by atoms with E-state index in [9.17, 15) is 13.2 Å². The Morgan fingerprint density at radius 1 is 0.946 bits per heavy atom. The van der Waals surface area contributed by atoms with Crippen molar-refractivity contribution in [3.05, 3.63) is 89.7 Å². The molecule has 0 bridgehead atoms. The number of halogens is 3. The van der Waals surface area contributed by atoms with E-state index in [2.05, 4.69) is 45.1 Å². The molecule has 4 aromatic rings. The number of aromatic nitrogens is 3. The fraction of sp³-hybridized carbons (Fsp3) is 0.259. The second-order valence-corrected chi connectivity index (χ2v) is 8.30. The van der Waals surface area contributed by atoms with Crippen LogP contribution in [0.3, 0.4) is 0 Å². The number of pyridine rings is 1. The summed E-state index contributed by atoms with van der Waals surface area (Å²) in [6, 6.07) is 23.2. The zero-order valence-corrected chi connectivity index (χ0v) is 20.2. The van der Waals surface area contributed by atoms with Crippen molar-refractivity contribution >= 4 is 22.8 Å². The van der Waals surface area contributed by atoms with Gasteiger partial charge in [-0.15, -0.1) is 10.2 Å². The number of nitrogens with zero attached hydrogens (tertiary/aromatic N) is 4. The number of benzene rings is 2. The van der Waals surface area contributed by atoms with Crippen LogP contribution in [0.1, 0.15) is 36.3 Å². The molecular weight excluding hydrogens is 481 g/mol. The molecule has 2 aromatic carbocycles. The summed E-state index contributed by atoms with van der Waals surface area (Å²) in [7, 11) is 0. The van der Waals surface area contributed by atoms with Gasteiger partial charge in [-0.3, -0.25) is 10.4 Å². The van der Waals surface area contributed by atoms with Crippen LogP contribution in [-0.2, 0) is 13.0 Å². The van der Waals surface area contributed by atoms with Gasteiger partial charge in [-0.25, -0.2) is 0 Å². The number of fused-ring (bicyclic) bond motifs is 1. The quantitative estimate of drug-likeness (QED) is 0.195. The van der Waals surface area contributed by atoms with Gasteiger partial charge in [0.25, 0.3) is 0 Å². The average molecular weight is 509 g/mol. The molecular formula is C27H27F3N6O. The number of alkyl halides is 3. The van der Waals surface area contributed by atoms with E-state index >= 15 is 0 Å². The molecule has 0 saturated carbocycles. The Labute approximate surface area is 212 Å². The lowest BCUT2D eigenvalue weighted by molar-refractivity contribution is -0.0536. The molecule has 0 aliphatic carbocycles. The summed E-state index contributed by atoms with van der Waals surface area (Å²) >= 11 is 0. The Hall–Kier alpha value is -4.05. The molecule has 1 unspecified atom stereocenters. The van der Waals surface area contributed by atoms with Crippen LogP contribution in [0.2, 0.25) is 0 Å². The van der Waals surface area contributed by atoms with E-state index in [0.29, 0.717) is 10.8 Å². The van der Waals surface area contributed by atoms with E-state index in [1.807, 2.05) is 36.4 Å². The van der Waals surface area contributed by atoms with Crippen LogP contribution < -0.4 is 15.5 Å². The smallest absolute Gasteiger partial charge is 0.428 e. The molecule has 4 rings (SSSR count). The molecule has 2 aromatic heterocycles. The molecule has 0 fully saturated rings. The van der Waals surface area contributed by atoms with Gasteiger partial charge in [0.05, 0.1) is 11.4 Å². The van der Waals surface area contributed by atoms with Gasteiger partial charge < -0.3 is 10.1 Å². The van der Waals surface area contributed by atoms with Crippen molar-refractivity contribution in [2.75, 3.05) is 12.0 Å². The second kappa shape index (κ2) is 12.3. The number of hydrazone groups is 1. The summed E-state index contributed by atoms with van der Waals surface area (Å²) in [6.07, 6.45) is -2.87. The first-order chi connectivity index (χ1) is 17.9. The third kappa shape index (κ3) is 7.47. The molecule has 10 heteroatoms. The van der Waals surface area contributed by atoms with Gasteiger partial charge in [0.1, 0.15) is 12.8 Å². The SMILES string of the molecule is CCC(NCCc1ccccc1)c1cccc(COc2nnc(N/N=C/C(F)(F)F)c3ccccc23)n1. The van der Waals surface area contributed by atoms with Gasteiger partial charge in [0.2, 0.25) is 5.88 Å². The van der Waals surface area contributed by atoms with Gasteiger partial charge in [-0.2, -0.15) is 18.3 Å². The Morgan fingerprint density at radius 3 is 2.46 bits per heavy atom. The van der Waals surface area contributed by atoms with Crippen LogP contribution in [-0.4, -0.2) is 34.1 Å². The van der Waals surface area contributed by atoms with Crippen LogP contribution in [0.5, 0.6) is 5.88 Å². The molecule has 1 atom stereocenters. The third-order valence-corrected chi connectivity index (χ3v) is 5.63. The maximum atomic E-state index is 12.4. The topological polar surface area (TPSA) is 84.3 Å². The van der Waals surface area contributed by atoms with E-state index < -0.39 is 6.18 Å². The second-order valence-electron chi connectivity index (χ2n) is 8.30. The van der Waals surface area contributed by atoms with Crippen molar-refractivity contribution in [2.24, 2.45) is 5.10 Å². The van der Waals surface area contributed by atoms with Crippen molar-refractivity contribution in [1.82, 2.24) is 20.5 Å². The van der Waals surface area contributed by atoms with Crippen LogP contribution >= 0.6 is 0 Å². The molecule has 192 valence electrons. The Morgan fingerprint density at radius 2 is 1.70 bits per heavy atom. The summed E-state index contributed by atoms with van der Waals surface area (Å²) in [6.45, 7) is 3.10. The van der Waals surface area contributed by atoms with Gasteiger partial charge in [0.15, 0.2) is 5.82 Å². The van der Waals surface area contributed by atoms with Crippen LogP contribution in [0, 0.1) is 0 Å². The average Bonchev–Trinajstić information content (AvgIpc) is 2.90. The molecule has 0 spiro atoms. The normalized spacial score (nSPS) is 12.6. The maximum absolute atomic E-state index is 12.4. The summed E-state index contributed by atoms with van der Waals surface area (Å²) in [4.78, 5) is 4.77. The van der Waals surface area contributed by atoms with Gasteiger partial charge in [-0.1, -0.05) is 61.5 Å². The molecule has 7 nitrogen and oxygen atoms in total. The number of hydrogen-bond donors (Lipinski definition) is 2. The van der Waals surface area contributed by atoms with E-state index in [1.165, 1.54) is 5.56 Å². The standard InChI is InChI=1S/C27H27F3N6O/c1-2-23(31-16-15-19-9-4-3-5-10-19)24-14-8-11-20(33-24)17-37-26-22-13-7-6-12-21(22)25(35-36-26)34-32-18-27(28,29)30/h3-14,18,23,31H,2,15-17H2,1H3,(H,34,35)/b32-18+. The predicted molar refractivity (Wildman–Crippen MR) is 137 cm³/mol. The first-order valence-electron chi connectivity index (χ1n) is 11.9. The molecule has 37 heavy (non-hydrogen) atoms. The van der Waals surface area contributed by atoms with Crippen molar-refractivity contribution in [3.63, 3.8) is 0 Å². The number of nitrogens with one attached hydrogen (secondary N) is 2. The monoisotopic (exact) mass is 508 g/mol. The van der Waals surface area contributed by atoms with E-state index in [0.717, 1.165) is 30.8 Å². The number of rotatable bonds is 11. The van der Waals surface area contributed by atoms with E-state index in [4.69, 9.17) is 9.72 Å². The van der Waals surface area contributed by atoms with Crippen molar-refractivity contribution in [2.45, 2.75) is 38.6 Å². The highest BCUT2D eigenvalue weighted by molar-refractivity contribution is 5.94. The van der Waals surface area contributed by atoms with E-state index in [1.54, 1.807) is 24.3 Å². The largest absolute Gasteiger partial charge is 0.470 e. The summed E-state index contributed by atoms with van der Waals surface area (Å²) < 4.78 is 43.0. The fourth-order valence-corrected chi connectivity index (χ4v) is 3.84. The molecule has 2 N–H and O–H groups in total. The lowest BCUT2D eigenvalue weighted by atomic mass is 10.1. The highest BCUT2D eigenvalue weighted by atomic mass is 19.4. The van der Waals surface area contributed by atoms with Crippen molar-refractivity contribution in [1.29, 1.82) is 0 Å². The Kier molecular flexibility index (Phi) is 8.63. The molecule has 0 aliphatic heterocycles. The van der Waals surface area contributed by atoms with Gasteiger partial charge in [-0.05, 0) is 43.1 Å². The first-order valence-corrected chi connectivity index (χ1v) is 11.9. The number of anilines is 1. The van der Waals surface area contributed by atoms with Crippen LogP contribution in [0.25, 0.3) is 10.8 Å². The maximum Gasteiger partial charge on any atom is 0.428 e. The molecule has 0 amide bonds.